The summed E-state index contributed by atoms with van der Waals surface area (Å²) in [5, 5.41) is 15.0. The first kappa shape index (κ1) is 16.2. The van der Waals surface area contributed by atoms with Gasteiger partial charge in [-0.05, 0) is 30.7 Å². The highest BCUT2D eigenvalue weighted by molar-refractivity contribution is 7.22. The average molecular weight is 366 g/mol. The van der Waals surface area contributed by atoms with Gasteiger partial charge in [-0.25, -0.2) is 4.98 Å². The predicted molar refractivity (Wildman–Crippen MR) is 102 cm³/mol. The van der Waals surface area contributed by atoms with Crippen molar-refractivity contribution in [3.63, 3.8) is 0 Å². The number of anilines is 1. The van der Waals surface area contributed by atoms with E-state index in [0.717, 1.165) is 26.7 Å². The van der Waals surface area contributed by atoms with E-state index in [-0.39, 0.29) is 18.1 Å². The van der Waals surface area contributed by atoms with E-state index in [0.29, 0.717) is 5.13 Å². The molecule has 26 heavy (non-hydrogen) atoms. The van der Waals surface area contributed by atoms with Gasteiger partial charge < -0.3 is 9.88 Å². The van der Waals surface area contributed by atoms with Crippen LogP contribution in [0.1, 0.15) is 5.56 Å². The van der Waals surface area contributed by atoms with Crippen LogP contribution in [-0.2, 0) is 11.3 Å². The minimum Gasteiger partial charge on any atom is -0.338 e. The Morgan fingerprint density at radius 3 is 2.92 bits per heavy atom. The summed E-state index contributed by atoms with van der Waals surface area (Å²) >= 11 is 1.43. The largest absolute Gasteiger partial charge is 0.338 e. The maximum atomic E-state index is 12.4. The van der Waals surface area contributed by atoms with Crippen LogP contribution in [0.3, 0.4) is 0 Å². The highest BCUT2D eigenvalue weighted by Crippen LogP contribution is 2.28. The predicted octanol–water partition coefficient (Wildman–Crippen LogP) is 4.11. The third-order valence-electron chi connectivity index (χ3n) is 4.15. The molecule has 0 spiro atoms. The topological polar surface area (TPSA) is 90.1 Å². The molecule has 0 unspecified atom stereocenters. The summed E-state index contributed by atoms with van der Waals surface area (Å²) < 4.78 is 2.78. The van der Waals surface area contributed by atoms with Crippen LogP contribution in [0.4, 0.5) is 10.8 Å². The molecule has 130 valence electrons. The summed E-state index contributed by atoms with van der Waals surface area (Å²) in [6.45, 7) is 2.09. The van der Waals surface area contributed by atoms with Gasteiger partial charge in [0.1, 0.15) is 6.54 Å². The highest BCUT2D eigenvalue weighted by Gasteiger charge is 2.12. The van der Waals surface area contributed by atoms with Crippen molar-refractivity contribution in [2.24, 2.45) is 0 Å². The number of non-ortho nitro benzene ring substituents is 1. The van der Waals surface area contributed by atoms with E-state index >= 15 is 0 Å². The molecule has 0 fully saturated rings. The zero-order valence-electron chi connectivity index (χ0n) is 13.8. The number of hydrogen-bond donors (Lipinski definition) is 1. The lowest BCUT2D eigenvalue weighted by molar-refractivity contribution is -0.384. The number of nitrogens with one attached hydrogen (secondary N) is 1. The fourth-order valence-electron chi connectivity index (χ4n) is 2.89. The van der Waals surface area contributed by atoms with Crippen LogP contribution in [0, 0.1) is 17.0 Å². The number of nitrogens with zero attached hydrogens (tertiary/aromatic N) is 3. The lowest BCUT2D eigenvalue weighted by atomic mass is 10.2. The Hall–Kier alpha value is -3.26. The number of para-hydroxylation sites is 1. The molecule has 0 bridgehead atoms. The summed E-state index contributed by atoms with van der Waals surface area (Å²) in [5.41, 5.74) is 2.76. The number of nitro groups is 1. The van der Waals surface area contributed by atoms with Gasteiger partial charge in [0.2, 0.25) is 5.91 Å². The second-order valence-corrected chi connectivity index (χ2v) is 6.96. The van der Waals surface area contributed by atoms with E-state index in [1.807, 2.05) is 25.1 Å². The van der Waals surface area contributed by atoms with Crippen LogP contribution in [0.15, 0.2) is 48.7 Å². The number of hydrogen-bond acceptors (Lipinski definition) is 5. The molecule has 4 aromatic rings. The van der Waals surface area contributed by atoms with Crippen LogP contribution in [0.5, 0.6) is 0 Å². The van der Waals surface area contributed by atoms with E-state index in [9.17, 15) is 14.9 Å². The number of thiazole rings is 1. The quantitative estimate of drug-likeness (QED) is 0.435. The Bertz CT molecular complexity index is 1160. The number of aromatic nitrogens is 2. The summed E-state index contributed by atoms with van der Waals surface area (Å²) in [5.74, 6) is -0.197. The van der Waals surface area contributed by atoms with Crippen LogP contribution in [-0.4, -0.2) is 20.4 Å². The van der Waals surface area contributed by atoms with Gasteiger partial charge in [0.25, 0.3) is 5.69 Å². The zero-order chi connectivity index (χ0) is 18.3. The smallest absolute Gasteiger partial charge is 0.270 e. The van der Waals surface area contributed by atoms with Crippen molar-refractivity contribution in [3.05, 3.63) is 64.3 Å². The number of carbonyl (C=O) groups excluding carboxylic acids is 1. The van der Waals surface area contributed by atoms with Crippen LogP contribution in [0.2, 0.25) is 0 Å². The van der Waals surface area contributed by atoms with Gasteiger partial charge in [0, 0.05) is 29.2 Å². The molecule has 1 N–H and O–H groups in total. The van der Waals surface area contributed by atoms with Crippen molar-refractivity contribution in [2.45, 2.75) is 13.5 Å². The van der Waals surface area contributed by atoms with Crippen molar-refractivity contribution in [1.82, 2.24) is 9.55 Å². The number of amides is 1. The molecule has 4 rings (SSSR count). The Kier molecular flexibility index (Phi) is 3.89. The molecule has 8 heteroatoms. The molecule has 0 radical (unpaired) electrons. The molecule has 0 aliphatic carbocycles. The molecular formula is C18H14N4O3S. The monoisotopic (exact) mass is 366 g/mol. The van der Waals surface area contributed by atoms with Crippen LogP contribution in [0.25, 0.3) is 21.1 Å². The standard InChI is InChI=1S/C18H14N4O3S/c1-11-3-2-4-15-17(11)20-18(26-15)19-16(23)10-21-8-7-12-9-13(22(24)25)5-6-14(12)21/h2-9H,10H2,1H3,(H,19,20,23). The zero-order valence-corrected chi connectivity index (χ0v) is 14.6. The fourth-order valence-corrected chi connectivity index (χ4v) is 3.85. The molecule has 0 atom stereocenters. The Balaban J connectivity index is 1.55. The first-order valence-electron chi connectivity index (χ1n) is 7.90. The number of rotatable bonds is 4. The maximum Gasteiger partial charge on any atom is 0.270 e. The highest BCUT2D eigenvalue weighted by atomic mass is 32.1. The number of benzene rings is 2. The first-order chi connectivity index (χ1) is 12.5. The minimum absolute atomic E-state index is 0.0320. The van der Waals surface area contributed by atoms with Crippen molar-refractivity contribution >= 4 is 49.2 Å². The number of carbonyl (C=O) groups is 1. The summed E-state index contributed by atoms with van der Waals surface area (Å²) in [6, 6.07) is 12.3. The lowest BCUT2D eigenvalue weighted by Crippen LogP contribution is -2.18. The molecule has 0 saturated heterocycles. The molecule has 0 aliphatic heterocycles. The van der Waals surface area contributed by atoms with Gasteiger partial charge in [-0.3, -0.25) is 14.9 Å². The van der Waals surface area contributed by atoms with Gasteiger partial charge in [-0.15, -0.1) is 0 Å². The number of nitro benzene ring substituents is 1. The lowest BCUT2D eigenvalue weighted by Gasteiger charge is -2.05. The molecular weight excluding hydrogens is 352 g/mol. The second-order valence-electron chi connectivity index (χ2n) is 5.93. The molecule has 7 nitrogen and oxygen atoms in total. The van der Waals surface area contributed by atoms with Crippen molar-refractivity contribution in [1.29, 1.82) is 0 Å². The van der Waals surface area contributed by atoms with Crippen LogP contribution >= 0.6 is 11.3 Å². The van der Waals surface area contributed by atoms with Crippen molar-refractivity contribution < 1.29 is 9.72 Å². The molecule has 2 heterocycles. The number of fused-ring (bicyclic) bond motifs is 2. The minimum atomic E-state index is -0.432. The van der Waals surface area contributed by atoms with Gasteiger partial charge >= 0.3 is 0 Å². The third kappa shape index (κ3) is 2.91. The number of aryl methyl sites for hydroxylation is 1. The van der Waals surface area contributed by atoms with E-state index in [1.165, 1.54) is 23.5 Å². The normalized spacial score (nSPS) is 11.1. The first-order valence-corrected chi connectivity index (χ1v) is 8.72. The summed E-state index contributed by atoms with van der Waals surface area (Å²) in [4.78, 5) is 27.3. The summed E-state index contributed by atoms with van der Waals surface area (Å²) in [6.07, 6.45) is 1.75. The maximum absolute atomic E-state index is 12.4. The Morgan fingerprint density at radius 2 is 2.15 bits per heavy atom. The van der Waals surface area contributed by atoms with Gasteiger partial charge in [0.15, 0.2) is 5.13 Å². The van der Waals surface area contributed by atoms with Crippen molar-refractivity contribution in [3.8, 4) is 0 Å². The van der Waals surface area contributed by atoms with E-state index < -0.39 is 4.92 Å². The van der Waals surface area contributed by atoms with E-state index in [4.69, 9.17) is 0 Å². The average Bonchev–Trinajstić information content (AvgIpc) is 3.19. The SMILES string of the molecule is Cc1cccc2sc(NC(=O)Cn3ccc4cc([N+](=O)[O-])ccc43)nc12. The van der Waals surface area contributed by atoms with Crippen molar-refractivity contribution in [2.75, 3.05) is 5.32 Å². The van der Waals surface area contributed by atoms with Gasteiger partial charge in [0.05, 0.1) is 15.1 Å². The van der Waals surface area contributed by atoms with E-state index in [2.05, 4.69) is 10.3 Å². The molecule has 2 aromatic heterocycles. The molecule has 1 amide bonds. The van der Waals surface area contributed by atoms with Crippen LogP contribution < -0.4 is 5.32 Å². The second kappa shape index (κ2) is 6.23. The fraction of sp³-hybridized carbons (Fsp3) is 0.111. The molecule has 0 saturated carbocycles. The van der Waals surface area contributed by atoms with E-state index in [1.54, 1.807) is 22.9 Å². The van der Waals surface area contributed by atoms with Gasteiger partial charge in [-0.2, -0.15) is 0 Å². The Labute approximate surface area is 152 Å². The molecule has 0 aliphatic rings. The summed E-state index contributed by atoms with van der Waals surface area (Å²) in [7, 11) is 0. The molecule has 2 aromatic carbocycles. The van der Waals surface area contributed by atoms with Gasteiger partial charge in [-0.1, -0.05) is 23.5 Å². The Morgan fingerprint density at radius 1 is 1.31 bits per heavy atom. The third-order valence-corrected chi connectivity index (χ3v) is 5.08.